The van der Waals surface area contributed by atoms with Gasteiger partial charge in [0.1, 0.15) is 0 Å². The first-order valence-electron chi connectivity index (χ1n) is 8.82. The molecule has 0 aliphatic heterocycles. The minimum atomic E-state index is -0.0576. The van der Waals surface area contributed by atoms with E-state index in [9.17, 15) is 4.79 Å². The van der Waals surface area contributed by atoms with Crippen LogP contribution >= 0.6 is 27.7 Å². The molecule has 6 nitrogen and oxygen atoms in total. The zero-order chi connectivity index (χ0) is 20.1. The highest BCUT2D eigenvalue weighted by molar-refractivity contribution is 9.10. The van der Waals surface area contributed by atoms with Crippen LogP contribution in [-0.2, 0) is 4.79 Å². The number of para-hydroxylation sites is 2. The van der Waals surface area contributed by atoms with Crippen molar-refractivity contribution >= 4 is 45.0 Å². The number of nitrogens with zero attached hydrogens (tertiary/aromatic N) is 5. The van der Waals surface area contributed by atoms with E-state index in [-0.39, 0.29) is 11.7 Å². The van der Waals surface area contributed by atoms with Crippen LogP contribution in [-0.4, -0.2) is 31.9 Å². The molecule has 4 aromatic rings. The predicted molar refractivity (Wildman–Crippen MR) is 118 cm³/mol. The summed E-state index contributed by atoms with van der Waals surface area (Å²) in [6.07, 6.45) is 0. The number of hydrogen-bond acceptors (Lipinski definition) is 5. The summed E-state index contributed by atoms with van der Waals surface area (Å²) in [6.45, 7) is 0. The van der Waals surface area contributed by atoms with Crippen molar-refractivity contribution in [3.8, 4) is 5.69 Å². The molecule has 8 heteroatoms. The first-order valence-corrected chi connectivity index (χ1v) is 10.6. The summed E-state index contributed by atoms with van der Waals surface area (Å²) in [7, 11) is 0. The normalized spacial score (nSPS) is 10.7. The van der Waals surface area contributed by atoms with Gasteiger partial charge >= 0.3 is 0 Å². The van der Waals surface area contributed by atoms with Gasteiger partial charge in [-0.05, 0) is 59.0 Å². The Hall–Kier alpha value is -2.97. The zero-order valence-electron chi connectivity index (χ0n) is 15.2. The first-order chi connectivity index (χ1) is 14.2. The van der Waals surface area contributed by atoms with Crippen molar-refractivity contribution in [3.05, 3.63) is 89.4 Å². The Bertz CT molecular complexity index is 1050. The highest BCUT2D eigenvalue weighted by atomic mass is 79.9. The fourth-order valence-corrected chi connectivity index (χ4v) is 3.80. The number of halogens is 1. The van der Waals surface area contributed by atoms with Crippen molar-refractivity contribution < 1.29 is 4.79 Å². The van der Waals surface area contributed by atoms with Crippen molar-refractivity contribution in [1.82, 2.24) is 20.2 Å². The number of aromatic nitrogens is 4. The van der Waals surface area contributed by atoms with Crippen LogP contribution in [0.15, 0.2) is 94.6 Å². The Morgan fingerprint density at radius 1 is 0.897 bits per heavy atom. The Kier molecular flexibility index (Phi) is 6.02. The van der Waals surface area contributed by atoms with Crippen molar-refractivity contribution in [1.29, 1.82) is 0 Å². The Balaban J connectivity index is 1.55. The van der Waals surface area contributed by atoms with Gasteiger partial charge in [0.15, 0.2) is 0 Å². The third kappa shape index (κ3) is 4.55. The van der Waals surface area contributed by atoms with Gasteiger partial charge in [-0.1, -0.05) is 64.1 Å². The van der Waals surface area contributed by atoms with Crippen molar-refractivity contribution in [2.75, 3.05) is 10.7 Å². The molecule has 3 aromatic carbocycles. The van der Waals surface area contributed by atoms with Crippen LogP contribution in [0.5, 0.6) is 0 Å². The SMILES string of the molecule is O=C(CSc1nnnn1-c1ccc(Br)cc1)N(c1ccccc1)c1ccccc1. The molecule has 4 rings (SSSR count). The number of carbonyl (C=O) groups is 1. The molecule has 1 amide bonds. The minimum absolute atomic E-state index is 0.0576. The summed E-state index contributed by atoms with van der Waals surface area (Å²) in [6, 6.07) is 26.9. The van der Waals surface area contributed by atoms with Crippen LogP contribution in [0.1, 0.15) is 0 Å². The third-order valence-corrected chi connectivity index (χ3v) is 5.55. The second-order valence-corrected chi connectivity index (χ2v) is 7.90. The van der Waals surface area contributed by atoms with Crippen LogP contribution in [0.4, 0.5) is 11.4 Å². The molecule has 0 unspecified atom stereocenters. The Morgan fingerprint density at radius 2 is 1.48 bits per heavy atom. The van der Waals surface area contributed by atoms with Gasteiger partial charge in [0.2, 0.25) is 11.1 Å². The lowest BCUT2D eigenvalue weighted by Crippen LogP contribution is -2.27. The lowest BCUT2D eigenvalue weighted by molar-refractivity contribution is -0.115. The van der Waals surface area contributed by atoms with Gasteiger partial charge < -0.3 is 0 Å². The molecule has 0 fully saturated rings. The monoisotopic (exact) mass is 465 g/mol. The molecular formula is C21H16BrN5OS. The van der Waals surface area contributed by atoms with E-state index in [0.717, 1.165) is 21.5 Å². The molecule has 0 spiro atoms. The summed E-state index contributed by atoms with van der Waals surface area (Å²) >= 11 is 4.72. The average molecular weight is 466 g/mol. The summed E-state index contributed by atoms with van der Waals surface area (Å²) < 4.78 is 2.60. The first kappa shape index (κ1) is 19.4. The maximum absolute atomic E-state index is 13.2. The Morgan fingerprint density at radius 3 is 2.07 bits per heavy atom. The highest BCUT2D eigenvalue weighted by Crippen LogP contribution is 2.27. The van der Waals surface area contributed by atoms with Crippen molar-refractivity contribution in [3.63, 3.8) is 0 Å². The fraction of sp³-hybridized carbons (Fsp3) is 0.0476. The zero-order valence-corrected chi connectivity index (χ0v) is 17.6. The quantitative estimate of drug-likeness (QED) is 0.379. The van der Waals surface area contributed by atoms with Crippen LogP contribution in [0.3, 0.4) is 0 Å². The van der Waals surface area contributed by atoms with Crippen LogP contribution < -0.4 is 4.90 Å². The number of anilines is 2. The van der Waals surface area contributed by atoms with Crippen molar-refractivity contribution in [2.24, 2.45) is 0 Å². The van der Waals surface area contributed by atoms with E-state index < -0.39 is 0 Å². The molecule has 1 heterocycles. The number of thioether (sulfide) groups is 1. The summed E-state index contributed by atoms with van der Waals surface area (Å²) in [5, 5.41) is 12.4. The number of hydrogen-bond donors (Lipinski definition) is 0. The predicted octanol–water partition coefficient (Wildman–Crippen LogP) is 4.88. The van der Waals surface area contributed by atoms with Gasteiger partial charge in [-0.2, -0.15) is 4.68 Å². The van der Waals surface area contributed by atoms with Gasteiger partial charge in [-0.25, -0.2) is 0 Å². The summed E-state index contributed by atoms with van der Waals surface area (Å²) in [5.41, 5.74) is 2.46. The number of rotatable bonds is 6. The molecule has 0 N–H and O–H groups in total. The molecule has 0 saturated heterocycles. The molecule has 0 bridgehead atoms. The second kappa shape index (κ2) is 9.02. The van der Waals surface area contributed by atoms with Gasteiger partial charge in [-0.15, -0.1) is 5.10 Å². The van der Waals surface area contributed by atoms with Crippen LogP contribution in [0, 0.1) is 0 Å². The summed E-state index contributed by atoms with van der Waals surface area (Å²) in [5.74, 6) is 0.137. The van der Waals surface area contributed by atoms with E-state index in [2.05, 4.69) is 31.5 Å². The number of carbonyl (C=O) groups excluding carboxylic acids is 1. The van der Waals surface area contributed by atoms with E-state index in [1.54, 1.807) is 9.58 Å². The lowest BCUT2D eigenvalue weighted by atomic mass is 10.2. The topological polar surface area (TPSA) is 63.9 Å². The minimum Gasteiger partial charge on any atom is -0.280 e. The van der Waals surface area contributed by atoms with E-state index in [4.69, 9.17) is 0 Å². The molecule has 0 atom stereocenters. The molecule has 0 aliphatic rings. The molecule has 0 aliphatic carbocycles. The number of amides is 1. The van der Waals surface area contributed by atoms with Gasteiger partial charge in [0, 0.05) is 15.8 Å². The molecule has 144 valence electrons. The molecule has 0 saturated carbocycles. The molecule has 29 heavy (non-hydrogen) atoms. The standard InChI is InChI=1S/C21H16BrN5OS/c22-16-11-13-19(14-12-16)27-21(23-24-25-27)29-15-20(28)26(17-7-3-1-4-8-17)18-9-5-2-6-10-18/h1-14H,15H2. The largest absolute Gasteiger partial charge is 0.280 e. The third-order valence-electron chi connectivity index (χ3n) is 4.12. The van der Waals surface area contributed by atoms with Crippen LogP contribution in [0.2, 0.25) is 0 Å². The van der Waals surface area contributed by atoms with Crippen LogP contribution in [0.25, 0.3) is 5.69 Å². The van der Waals surface area contributed by atoms with Crippen molar-refractivity contribution in [2.45, 2.75) is 5.16 Å². The summed E-state index contributed by atoms with van der Waals surface area (Å²) in [4.78, 5) is 14.9. The maximum atomic E-state index is 13.2. The van der Waals surface area contributed by atoms with E-state index >= 15 is 0 Å². The average Bonchev–Trinajstić information content (AvgIpc) is 3.23. The van der Waals surface area contributed by atoms with Gasteiger partial charge in [0.05, 0.1) is 11.4 Å². The second-order valence-electron chi connectivity index (χ2n) is 6.04. The Labute approximate surface area is 180 Å². The lowest BCUT2D eigenvalue weighted by Gasteiger charge is -2.22. The van der Waals surface area contributed by atoms with E-state index in [1.807, 2.05) is 84.9 Å². The maximum Gasteiger partial charge on any atom is 0.242 e. The highest BCUT2D eigenvalue weighted by Gasteiger charge is 2.19. The van der Waals surface area contributed by atoms with Gasteiger partial charge in [0.25, 0.3) is 0 Å². The molecule has 0 radical (unpaired) electrons. The van der Waals surface area contributed by atoms with Gasteiger partial charge in [-0.3, -0.25) is 9.69 Å². The molecular weight excluding hydrogens is 450 g/mol. The van der Waals surface area contributed by atoms with E-state index in [0.29, 0.717) is 5.16 Å². The number of tetrazole rings is 1. The van der Waals surface area contributed by atoms with E-state index in [1.165, 1.54) is 11.8 Å². The smallest absolute Gasteiger partial charge is 0.242 e. The fourth-order valence-electron chi connectivity index (χ4n) is 2.80. The molecule has 1 aromatic heterocycles. The number of benzene rings is 3.